The van der Waals surface area contributed by atoms with Crippen LogP contribution in [-0.4, -0.2) is 65.6 Å². The maximum Gasteiger partial charge on any atom is 0.341 e. The topological polar surface area (TPSA) is 95.5 Å². The van der Waals surface area contributed by atoms with Crippen LogP contribution in [0.4, 0.5) is 5.82 Å². The predicted octanol–water partition coefficient (Wildman–Crippen LogP) is 1.80. The molecule has 3 heterocycles. The minimum absolute atomic E-state index is 0.160. The van der Waals surface area contributed by atoms with E-state index in [-0.39, 0.29) is 11.4 Å². The van der Waals surface area contributed by atoms with Crippen LogP contribution in [0, 0.1) is 0 Å². The van der Waals surface area contributed by atoms with Crippen molar-refractivity contribution >= 4 is 22.7 Å². The molecule has 1 aliphatic rings. The van der Waals surface area contributed by atoms with Crippen LogP contribution in [0.1, 0.15) is 10.4 Å². The van der Waals surface area contributed by atoms with Crippen molar-refractivity contribution in [3.05, 3.63) is 42.2 Å². The van der Waals surface area contributed by atoms with Crippen molar-refractivity contribution in [2.24, 2.45) is 0 Å². The van der Waals surface area contributed by atoms with Gasteiger partial charge in [0.15, 0.2) is 0 Å². The van der Waals surface area contributed by atoms with Crippen LogP contribution in [0.5, 0.6) is 0 Å². The number of nitrogen functional groups attached to an aromatic ring is 1. The number of fused-ring (bicyclic) bond motifs is 1. The van der Waals surface area contributed by atoms with Gasteiger partial charge in [0.1, 0.15) is 11.4 Å². The summed E-state index contributed by atoms with van der Waals surface area (Å²) in [5, 5.41) is 5.69. The highest BCUT2D eigenvalue weighted by Crippen LogP contribution is 2.26. The Morgan fingerprint density at radius 3 is 2.82 bits per heavy atom. The first-order chi connectivity index (χ1) is 13.6. The molecular formula is C20H23N5O3. The minimum Gasteiger partial charge on any atom is -0.465 e. The lowest BCUT2D eigenvalue weighted by atomic mass is 10.0. The third-order valence-corrected chi connectivity index (χ3v) is 4.96. The highest BCUT2D eigenvalue weighted by atomic mass is 16.5. The van der Waals surface area contributed by atoms with Gasteiger partial charge in [-0.25, -0.2) is 9.78 Å². The summed E-state index contributed by atoms with van der Waals surface area (Å²) in [4.78, 5) is 18.4. The Hall–Kier alpha value is -2.97. The summed E-state index contributed by atoms with van der Waals surface area (Å²) in [6.07, 6.45) is 3.71. The Morgan fingerprint density at radius 2 is 2.04 bits per heavy atom. The highest BCUT2D eigenvalue weighted by molar-refractivity contribution is 5.95. The molecule has 28 heavy (non-hydrogen) atoms. The average molecular weight is 381 g/mol. The fraction of sp³-hybridized carbons (Fsp3) is 0.350. The number of methoxy groups -OCH3 is 1. The zero-order valence-corrected chi connectivity index (χ0v) is 15.8. The van der Waals surface area contributed by atoms with Gasteiger partial charge in [0.2, 0.25) is 0 Å². The maximum absolute atomic E-state index is 11.9. The number of nitrogens with zero attached hydrogens (tertiary/aromatic N) is 4. The van der Waals surface area contributed by atoms with Crippen LogP contribution in [0.25, 0.3) is 22.0 Å². The van der Waals surface area contributed by atoms with E-state index in [4.69, 9.17) is 15.2 Å². The van der Waals surface area contributed by atoms with Gasteiger partial charge in [-0.3, -0.25) is 9.58 Å². The summed E-state index contributed by atoms with van der Waals surface area (Å²) in [6.45, 7) is 5.32. The number of ether oxygens (including phenoxy) is 2. The van der Waals surface area contributed by atoms with Gasteiger partial charge in [-0.05, 0) is 23.8 Å². The van der Waals surface area contributed by atoms with E-state index in [2.05, 4.69) is 15.0 Å². The Bertz CT molecular complexity index is 995. The van der Waals surface area contributed by atoms with Crippen molar-refractivity contribution in [3.63, 3.8) is 0 Å². The molecule has 1 fully saturated rings. The van der Waals surface area contributed by atoms with Crippen LogP contribution < -0.4 is 5.73 Å². The Kier molecular flexibility index (Phi) is 5.23. The lowest BCUT2D eigenvalue weighted by Gasteiger charge is -2.26. The second kappa shape index (κ2) is 7.95. The van der Waals surface area contributed by atoms with Crippen LogP contribution in [0.15, 0.2) is 36.7 Å². The molecule has 4 rings (SSSR count). The summed E-state index contributed by atoms with van der Waals surface area (Å²) >= 11 is 0. The molecule has 0 unspecified atom stereocenters. The van der Waals surface area contributed by atoms with Crippen molar-refractivity contribution in [2.45, 2.75) is 6.54 Å². The average Bonchev–Trinajstić information content (AvgIpc) is 3.15. The molecule has 0 atom stereocenters. The minimum atomic E-state index is -0.496. The first kappa shape index (κ1) is 18.4. The van der Waals surface area contributed by atoms with Crippen molar-refractivity contribution in [1.29, 1.82) is 0 Å². The number of nitrogens with two attached hydrogens (primary N) is 1. The molecule has 3 aromatic rings. The second-order valence-electron chi connectivity index (χ2n) is 6.77. The summed E-state index contributed by atoms with van der Waals surface area (Å²) in [6, 6.07) is 7.69. The number of pyridine rings is 1. The van der Waals surface area contributed by atoms with Gasteiger partial charge >= 0.3 is 5.97 Å². The SMILES string of the molecule is COC(=O)c1cc(-c2ccc3nn(CCN4CCOCC4)cc3c2)cnc1N. The monoisotopic (exact) mass is 381 g/mol. The van der Waals surface area contributed by atoms with Gasteiger partial charge in [0, 0.05) is 43.0 Å². The standard InChI is InChI=1S/C20H23N5O3/c1-27-20(26)17-11-15(12-22-19(17)21)14-2-3-18-16(10-14)13-25(23-18)5-4-24-6-8-28-9-7-24/h2-3,10-13H,4-9H2,1H3,(H2,21,22). The van der Waals surface area contributed by atoms with Crippen molar-refractivity contribution in [1.82, 2.24) is 19.7 Å². The number of esters is 1. The molecule has 0 spiro atoms. The molecule has 1 aromatic carbocycles. The Morgan fingerprint density at radius 1 is 1.21 bits per heavy atom. The van der Waals surface area contributed by atoms with E-state index in [1.54, 1.807) is 12.3 Å². The van der Waals surface area contributed by atoms with E-state index in [0.29, 0.717) is 0 Å². The molecule has 2 aromatic heterocycles. The molecular weight excluding hydrogens is 358 g/mol. The number of carbonyl (C=O) groups excluding carboxylic acids is 1. The van der Waals surface area contributed by atoms with E-state index in [0.717, 1.165) is 61.4 Å². The van der Waals surface area contributed by atoms with Crippen LogP contribution in [0.2, 0.25) is 0 Å². The lowest BCUT2D eigenvalue weighted by Crippen LogP contribution is -2.38. The zero-order chi connectivity index (χ0) is 19.5. The molecule has 2 N–H and O–H groups in total. The molecule has 0 saturated carbocycles. The molecule has 0 amide bonds. The molecule has 0 radical (unpaired) electrons. The fourth-order valence-corrected chi connectivity index (χ4v) is 3.35. The summed E-state index contributed by atoms with van der Waals surface area (Å²) in [5.74, 6) is -0.337. The van der Waals surface area contributed by atoms with Crippen molar-refractivity contribution in [2.75, 3.05) is 45.7 Å². The predicted molar refractivity (Wildman–Crippen MR) is 106 cm³/mol. The number of aromatic nitrogens is 3. The van der Waals surface area contributed by atoms with Crippen LogP contribution in [0.3, 0.4) is 0 Å². The quantitative estimate of drug-likeness (QED) is 0.673. The van der Waals surface area contributed by atoms with E-state index < -0.39 is 5.97 Å². The Labute approximate surface area is 162 Å². The second-order valence-corrected chi connectivity index (χ2v) is 6.77. The van der Waals surface area contributed by atoms with Gasteiger partial charge in [-0.15, -0.1) is 0 Å². The maximum atomic E-state index is 11.9. The highest BCUT2D eigenvalue weighted by Gasteiger charge is 2.14. The largest absolute Gasteiger partial charge is 0.465 e. The zero-order valence-electron chi connectivity index (χ0n) is 15.8. The van der Waals surface area contributed by atoms with Gasteiger partial charge in [0.05, 0.1) is 32.4 Å². The summed E-state index contributed by atoms with van der Waals surface area (Å²) in [7, 11) is 1.33. The van der Waals surface area contributed by atoms with Crippen LogP contribution >= 0.6 is 0 Å². The van der Waals surface area contributed by atoms with Gasteiger partial charge in [-0.2, -0.15) is 5.10 Å². The van der Waals surface area contributed by atoms with E-state index in [9.17, 15) is 4.79 Å². The number of hydrogen-bond acceptors (Lipinski definition) is 7. The van der Waals surface area contributed by atoms with Crippen molar-refractivity contribution in [3.8, 4) is 11.1 Å². The summed E-state index contributed by atoms with van der Waals surface area (Å²) < 4.78 is 12.1. The molecule has 1 aliphatic heterocycles. The normalized spacial score (nSPS) is 15.0. The number of anilines is 1. The third-order valence-electron chi connectivity index (χ3n) is 4.96. The van der Waals surface area contributed by atoms with Gasteiger partial charge in [-0.1, -0.05) is 6.07 Å². The number of benzene rings is 1. The number of morpholine rings is 1. The van der Waals surface area contributed by atoms with Gasteiger partial charge in [0.25, 0.3) is 0 Å². The molecule has 0 aliphatic carbocycles. The fourth-order valence-electron chi connectivity index (χ4n) is 3.35. The molecule has 8 nitrogen and oxygen atoms in total. The van der Waals surface area contributed by atoms with E-state index in [1.165, 1.54) is 7.11 Å². The molecule has 8 heteroatoms. The van der Waals surface area contributed by atoms with Gasteiger partial charge < -0.3 is 15.2 Å². The van der Waals surface area contributed by atoms with Crippen molar-refractivity contribution < 1.29 is 14.3 Å². The molecule has 0 bridgehead atoms. The molecule has 146 valence electrons. The first-order valence-corrected chi connectivity index (χ1v) is 9.25. The number of rotatable bonds is 5. The first-order valence-electron chi connectivity index (χ1n) is 9.25. The third kappa shape index (κ3) is 3.83. The van der Waals surface area contributed by atoms with Crippen LogP contribution in [-0.2, 0) is 16.0 Å². The summed E-state index contributed by atoms with van der Waals surface area (Å²) in [5.41, 5.74) is 8.74. The number of carbonyl (C=O) groups is 1. The Balaban J connectivity index is 1.55. The number of hydrogen-bond donors (Lipinski definition) is 1. The van der Waals surface area contributed by atoms with E-state index >= 15 is 0 Å². The smallest absolute Gasteiger partial charge is 0.341 e. The van der Waals surface area contributed by atoms with E-state index in [1.807, 2.05) is 29.1 Å². The lowest BCUT2D eigenvalue weighted by molar-refractivity contribution is 0.0360. The molecule has 1 saturated heterocycles.